The van der Waals surface area contributed by atoms with Crippen molar-refractivity contribution in [3.8, 4) is 0 Å². The van der Waals surface area contributed by atoms with Crippen LogP contribution in [0.4, 0.5) is 0 Å². The van der Waals surface area contributed by atoms with Crippen molar-refractivity contribution >= 4 is 0 Å². The van der Waals surface area contributed by atoms with Gasteiger partial charge >= 0.3 is 0 Å². The summed E-state index contributed by atoms with van der Waals surface area (Å²) in [7, 11) is 0. The molecule has 1 unspecified atom stereocenters. The molecule has 2 rings (SSSR count). The van der Waals surface area contributed by atoms with Crippen molar-refractivity contribution in [2.24, 2.45) is 5.73 Å². The highest BCUT2D eigenvalue weighted by Gasteiger charge is 2.29. The van der Waals surface area contributed by atoms with Gasteiger partial charge in [0, 0.05) is 11.6 Å². The van der Waals surface area contributed by atoms with Gasteiger partial charge in [0.2, 0.25) is 0 Å². The molecular formula is C8H12N2O. The molecule has 1 aliphatic carbocycles. The first-order valence-electron chi connectivity index (χ1n) is 3.99. The normalized spacial score (nSPS) is 20.2. The van der Waals surface area contributed by atoms with E-state index in [9.17, 15) is 0 Å². The number of nitrogens with zero attached hydrogens (tertiary/aromatic N) is 1. The lowest BCUT2D eigenvalue weighted by Gasteiger charge is -2.00. The molecule has 2 N–H and O–H groups in total. The summed E-state index contributed by atoms with van der Waals surface area (Å²) in [5, 5.41) is 3.88. The summed E-state index contributed by atoms with van der Waals surface area (Å²) < 4.78 is 4.88. The van der Waals surface area contributed by atoms with E-state index in [0.29, 0.717) is 5.92 Å². The van der Waals surface area contributed by atoms with E-state index in [1.54, 1.807) is 6.26 Å². The average molecular weight is 152 g/mol. The fourth-order valence-corrected chi connectivity index (χ4v) is 1.30. The molecule has 60 valence electrons. The molecule has 3 heteroatoms. The molecule has 0 spiro atoms. The van der Waals surface area contributed by atoms with Gasteiger partial charge in [-0.2, -0.15) is 0 Å². The standard InChI is InChI=1S/C8H12N2O/c1-5(9)8-7(4-11-10-8)6-2-3-6/h4-6H,2-3,9H2,1H3. The molecule has 0 radical (unpaired) electrons. The Morgan fingerprint density at radius 3 is 3.00 bits per heavy atom. The first-order valence-corrected chi connectivity index (χ1v) is 3.99. The second-order valence-electron chi connectivity index (χ2n) is 3.22. The number of aromatic nitrogens is 1. The second-order valence-corrected chi connectivity index (χ2v) is 3.22. The highest BCUT2D eigenvalue weighted by molar-refractivity contribution is 5.26. The van der Waals surface area contributed by atoms with Crippen molar-refractivity contribution in [3.05, 3.63) is 17.5 Å². The minimum atomic E-state index is 0.00403. The first-order chi connectivity index (χ1) is 5.29. The van der Waals surface area contributed by atoms with Gasteiger partial charge in [0.15, 0.2) is 0 Å². The third-order valence-electron chi connectivity index (χ3n) is 2.07. The molecular weight excluding hydrogens is 140 g/mol. The van der Waals surface area contributed by atoms with Crippen molar-refractivity contribution < 1.29 is 4.52 Å². The predicted octanol–water partition coefficient (Wildman–Crippen LogP) is 1.57. The van der Waals surface area contributed by atoms with Gasteiger partial charge in [-0.05, 0) is 25.7 Å². The van der Waals surface area contributed by atoms with Crippen molar-refractivity contribution in [1.82, 2.24) is 5.16 Å². The van der Waals surface area contributed by atoms with E-state index < -0.39 is 0 Å². The lowest BCUT2D eigenvalue weighted by atomic mass is 10.1. The summed E-state index contributed by atoms with van der Waals surface area (Å²) in [6.45, 7) is 1.93. The summed E-state index contributed by atoms with van der Waals surface area (Å²) in [6, 6.07) is 0.00403. The summed E-state index contributed by atoms with van der Waals surface area (Å²) in [5.74, 6) is 0.683. The van der Waals surface area contributed by atoms with Crippen LogP contribution in [-0.2, 0) is 0 Å². The maximum absolute atomic E-state index is 5.70. The van der Waals surface area contributed by atoms with Crippen LogP contribution >= 0.6 is 0 Å². The maximum Gasteiger partial charge on any atom is 0.127 e. The molecule has 1 aromatic rings. The molecule has 0 aliphatic heterocycles. The van der Waals surface area contributed by atoms with Crippen molar-refractivity contribution in [2.75, 3.05) is 0 Å². The Morgan fingerprint density at radius 1 is 1.73 bits per heavy atom. The van der Waals surface area contributed by atoms with Gasteiger partial charge in [-0.3, -0.25) is 0 Å². The Labute approximate surface area is 65.6 Å². The Balaban J connectivity index is 2.30. The van der Waals surface area contributed by atoms with Gasteiger partial charge < -0.3 is 10.3 Å². The van der Waals surface area contributed by atoms with E-state index in [1.165, 1.54) is 18.4 Å². The van der Waals surface area contributed by atoms with Crippen molar-refractivity contribution in [1.29, 1.82) is 0 Å². The highest BCUT2D eigenvalue weighted by Crippen LogP contribution is 2.42. The third-order valence-corrected chi connectivity index (χ3v) is 2.07. The van der Waals surface area contributed by atoms with Gasteiger partial charge in [0.25, 0.3) is 0 Å². The van der Waals surface area contributed by atoms with Gasteiger partial charge in [-0.1, -0.05) is 5.16 Å². The van der Waals surface area contributed by atoms with Crippen molar-refractivity contribution in [2.45, 2.75) is 31.7 Å². The largest absolute Gasteiger partial charge is 0.364 e. The van der Waals surface area contributed by atoms with E-state index in [-0.39, 0.29) is 6.04 Å². The molecule has 0 amide bonds. The van der Waals surface area contributed by atoms with Gasteiger partial charge in [0.1, 0.15) is 12.0 Å². The number of nitrogens with two attached hydrogens (primary N) is 1. The fourth-order valence-electron chi connectivity index (χ4n) is 1.30. The van der Waals surface area contributed by atoms with E-state index in [2.05, 4.69) is 5.16 Å². The maximum atomic E-state index is 5.70. The van der Waals surface area contributed by atoms with Crippen LogP contribution in [0.1, 0.15) is 43.0 Å². The minimum Gasteiger partial charge on any atom is -0.364 e. The molecule has 0 aromatic carbocycles. The first kappa shape index (κ1) is 6.85. The third kappa shape index (κ3) is 1.16. The molecule has 11 heavy (non-hydrogen) atoms. The van der Waals surface area contributed by atoms with E-state index in [0.717, 1.165) is 5.69 Å². The second kappa shape index (κ2) is 2.34. The molecule has 0 saturated heterocycles. The summed E-state index contributed by atoms with van der Waals surface area (Å²) in [4.78, 5) is 0. The van der Waals surface area contributed by atoms with Crippen LogP contribution in [0.25, 0.3) is 0 Å². The van der Waals surface area contributed by atoms with Crippen LogP contribution in [-0.4, -0.2) is 5.16 Å². The predicted molar refractivity (Wildman–Crippen MR) is 41.1 cm³/mol. The quantitative estimate of drug-likeness (QED) is 0.699. The minimum absolute atomic E-state index is 0.00403. The van der Waals surface area contributed by atoms with E-state index >= 15 is 0 Å². The molecule has 1 aliphatic rings. The van der Waals surface area contributed by atoms with Crippen LogP contribution in [0.15, 0.2) is 10.8 Å². The van der Waals surface area contributed by atoms with Crippen LogP contribution in [0.2, 0.25) is 0 Å². The summed E-state index contributed by atoms with van der Waals surface area (Å²) in [6.07, 6.45) is 4.26. The van der Waals surface area contributed by atoms with Crippen LogP contribution in [0, 0.1) is 0 Å². The Hall–Kier alpha value is -0.830. The van der Waals surface area contributed by atoms with Crippen LogP contribution in [0.3, 0.4) is 0 Å². The number of hydrogen-bond donors (Lipinski definition) is 1. The van der Waals surface area contributed by atoms with Crippen LogP contribution in [0.5, 0.6) is 0 Å². The molecule has 1 atom stereocenters. The topological polar surface area (TPSA) is 52.0 Å². The molecule has 1 fully saturated rings. The monoisotopic (exact) mass is 152 g/mol. The van der Waals surface area contributed by atoms with Crippen LogP contribution < -0.4 is 5.73 Å². The summed E-state index contributed by atoms with van der Waals surface area (Å²) >= 11 is 0. The smallest absolute Gasteiger partial charge is 0.127 e. The lowest BCUT2D eigenvalue weighted by Crippen LogP contribution is -2.07. The van der Waals surface area contributed by atoms with Gasteiger partial charge in [0.05, 0.1) is 0 Å². The van der Waals surface area contributed by atoms with Gasteiger partial charge in [-0.15, -0.1) is 0 Å². The highest BCUT2D eigenvalue weighted by atomic mass is 16.5. The fraction of sp³-hybridized carbons (Fsp3) is 0.625. The zero-order chi connectivity index (χ0) is 7.84. The van der Waals surface area contributed by atoms with Crippen molar-refractivity contribution in [3.63, 3.8) is 0 Å². The molecule has 0 bridgehead atoms. The van der Waals surface area contributed by atoms with E-state index in [1.807, 2.05) is 6.92 Å². The Bertz CT molecular complexity index is 234. The Kier molecular flexibility index (Phi) is 1.46. The average Bonchev–Trinajstić information content (AvgIpc) is 2.68. The zero-order valence-electron chi connectivity index (χ0n) is 6.58. The van der Waals surface area contributed by atoms with Gasteiger partial charge in [-0.25, -0.2) is 0 Å². The number of rotatable bonds is 2. The molecule has 1 aromatic heterocycles. The molecule has 3 nitrogen and oxygen atoms in total. The number of hydrogen-bond acceptors (Lipinski definition) is 3. The van der Waals surface area contributed by atoms with E-state index in [4.69, 9.17) is 10.3 Å². The SMILES string of the molecule is CC(N)c1nocc1C1CC1. The lowest BCUT2D eigenvalue weighted by molar-refractivity contribution is 0.407. The zero-order valence-corrected chi connectivity index (χ0v) is 6.58. The Morgan fingerprint density at radius 2 is 2.45 bits per heavy atom. The summed E-state index contributed by atoms with van der Waals surface area (Å²) in [5.41, 5.74) is 7.86. The molecule has 1 heterocycles. The molecule has 1 saturated carbocycles.